The van der Waals surface area contributed by atoms with Crippen LogP contribution in [0.15, 0.2) is 24.3 Å². The van der Waals surface area contributed by atoms with Crippen molar-refractivity contribution in [1.82, 2.24) is 19.9 Å². The Balaban J connectivity index is 1.46. The average Bonchev–Trinajstić information content (AvgIpc) is 3.19. The van der Waals surface area contributed by atoms with E-state index in [0.717, 1.165) is 11.1 Å². The molecule has 3 rings (SSSR count). The van der Waals surface area contributed by atoms with Crippen molar-refractivity contribution in [2.24, 2.45) is 0 Å². The molecule has 1 aliphatic heterocycles. The highest BCUT2D eigenvalue weighted by atomic mass is 16.7. The lowest BCUT2D eigenvalue weighted by Gasteiger charge is -2.13. The first-order chi connectivity index (χ1) is 11.7. The Kier molecular flexibility index (Phi) is 5.36. The summed E-state index contributed by atoms with van der Waals surface area (Å²) in [5.41, 5.74) is 2.40. The number of imidazole rings is 1. The molecule has 0 amide bonds. The SMILES string of the molecule is CC(=CCNc1ncnc2nc[nH]c12)COC1CC(O)C(CO)O1. The molecule has 9 heteroatoms. The zero-order chi connectivity index (χ0) is 16.9. The van der Waals surface area contributed by atoms with Crippen molar-refractivity contribution in [3.63, 3.8) is 0 Å². The van der Waals surface area contributed by atoms with E-state index in [2.05, 4.69) is 25.3 Å². The molecule has 3 atom stereocenters. The maximum atomic E-state index is 9.65. The molecule has 2 aromatic heterocycles. The molecule has 9 nitrogen and oxygen atoms in total. The summed E-state index contributed by atoms with van der Waals surface area (Å²) >= 11 is 0. The molecule has 0 aromatic carbocycles. The van der Waals surface area contributed by atoms with Gasteiger partial charge < -0.3 is 30.0 Å². The summed E-state index contributed by atoms with van der Waals surface area (Å²) < 4.78 is 11.0. The van der Waals surface area contributed by atoms with E-state index in [1.165, 1.54) is 6.33 Å². The maximum Gasteiger partial charge on any atom is 0.182 e. The maximum absolute atomic E-state index is 9.65. The first kappa shape index (κ1) is 16.8. The van der Waals surface area contributed by atoms with E-state index < -0.39 is 18.5 Å². The van der Waals surface area contributed by atoms with Crippen LogP contribution in [0.1, 0.15) is 13.3 Å². The third kappa shape index (κ3) is 3.88. The second-order valence-electron chi connectivity index (χ2n) is 5.66. The summed E-state index contributed by atoms with van der Waals surface area (Å²) in [6.07, 6.45) is 3.67. The van der Waals surface area contributed by atoms with Crippen LogP contribution >= 0.6 is 0 Å². The fourth-order valence-electron chi connectivity index (χ4n) is 2.47. The molecule has 130 valence electrons. The fraction of sp³-hybridized carbons (Fsp3) is 0.533. The van der Waals surface area contributed by atoms with Gasteiger partial charge in [-0.25, -0.2) is 15.0 Å². The van der Waals surface area contributed by atoms with Crippen LogP contribution in [0.2, 0.25) is 0 Å². The summed E-state index contributed by atoms with van der Waals surface area (Å²) in [7, 11) is 0. The molecule has 3 unspecified atom stereocenters. The van der Waals surface area contributed by atoms with Gasteiger partial charge in [-0.15, -0.1) is 0 Å². The van der Waals surface area contributed by atoms with E-state index in [1.807, 2.05) is 13.0 Å². The van der Waals surface area contributed by atoms with Gasteiger partial charge in [0.15, 0.2) is 17.8 Å². The number of fused-ring (bicyclic) bond motifs is 1. The number of aromatic amines is 1. The molecule has 4 N–H and O–H groups in total. The monoisotopic (exact) mass is 335 g/mol. The van der Waals surface area contributed by atoms with Gasteiger partial charge in [0.2, 0.25) is 0 Å². The molecule has 1 saturated heterocycles. The van der Waals surface area contributed by atoms with Gasteiger partial charge in [-0.05, 0) is 12.5 Å². The van der Waals surface area contributed by atoms with E-state index in [1.54, 1.807) is 6.33 Å². The molecule has 24 heavy (non-hydrogen) atoms. The first-order valence-corrected chi connectivity index (χ1v) is 7.77. The van der Waals surface area contributed by atoms with Crippen LogP contribution < -0.4 is 5.32 Å². The van der Waals surface area contributed by atoms with Crippen LogP contribution in [0, 0.1) is 0 Å². The minimum atomic E-state index is -0.680. The van der Waals surface area contributed by atoms with E-state index in [0.29, 0.717) is 31.0 Å². The molecule has 0 saturated carbocycles. The molecule has 1 aliphatic rings. The summed E-state index contributed by atoms with van der Waals surface area (Å²) in [6, 6.07) is 0. The smallest absolute Gasteiger partial charge is 0.182 e. The van der Waals surface area contributed by atoms with E-state index in [-0.39, 0.29) is 6.61 Å². The van der Waals surface area contributed by atoms with Crippen molar-refractivity contribution in [1.29, 1.82) is 0 Å². The Morgan fingerprint density at radius 2 is 2.38 bits per heavy atom. The van der Waals surface area contributed by atoms with Crippen molar-refractivity contribution < 1.29 is 19.7 Å². The number of rotatable bonds is 7. The highest BCUT2D eigenvalue weighted by Gasteiger charge is 2.33. The predicted molar refractivity (Wildman–Crippen MR) is 86.3 cm³/mol. The molecular weight excluding hydrogens is 314 g/mol. The fourth-order valence-corrected chi connectivity index (χ4v) is 2.47. The van der Waals surface area contributed by atoms with Crippen molar-refractivity contribution in [2.75, 3.05) is 25.1 Å². The Morgan fingerprint density at radius 1 is 1.50 bits per heavy atom. The van der Waals surface area contributed by atoms with Crippen molar-refractivity contribution in [3.8, 4) is 0 Å². The Morgan fingerprint density at radius 3 is 3.17 bits per heavy atom. The van der Waals surface area contributed by atoms with Gasteiger partial charge in [-0.2, -0.15) is 0 Å². The number of aliphatic hydroxyl groups is 2. The number of aromatic nitrogens is 4. The third-order valence-electron chi connectivity index (χ3n) is 3.81. The minimum Gasteiger partial charge on any atom is -0.394 e. The minimum absolute atomic E-state index is 0.208. The average molecular weight is 335 g/mol. The van der Waals surface area contributed by atoms with Crippen LogP contribution in [0.4, 0.5) is 5.82 Å². The van der Waals surface area contributed by atoms with Crippen LogP contribution in [0.5, 0.6) is 0 Å². The number of nitrogens with one attached hydrogen (secondary N) is 2. The van der Waals surface area contributed by atoms with Gasteiger partial charge in [0.25, 0.3) is 0 Å². The van der Waals surface area contributed by atoms with E-state index in [9.17, 15) is 5.11 Å². The zero-order valence-electron chi connectivity index (χ0n) is 13.3. The second-order valence-corrected chi connectivity index (χ2v) is 5.66. The largest absolute Gasteiger partial charge is 0.394 e. The lowest BCUT2D eigenvalue weighted by atomic mass is 10.2. The van der Waals surface area contributed by atoms with Crippen LogP contribution in [0.25, 0.3) is 11.2 Å². The van der Waals surface area contributed by atoms with Crippen molar-refractivity contribution >= 4 is 17.0 Å². The van der Waals surface area contributed by atoms with Gasteiger partial charge in [0, 0.05) is 13.0 Å². The summed E-state index contributed by atoms with van der Waals surface area (Å²) in [5, 5.41) is 21.9. The molecule has 3 heterocycles. The van der Waals surface area contributed by atoms with Crippen molar-refractivity contribution in [2.45, 2.75) is 31.8 Å². The summed E-state index contributed by atoms with van der Waals surface area (Å²) in [6.45, 7) is 2.71. The van der Waals surface area contributed by atoms with Crippen molar-refractivity contribution in [3.05, 3.63) is 24.3 Å². The van der Waals surface area contributed by atoms with Crippen LogP contribution in [-0.2, 0) is 9.47 Å². The zero-order valence-corrected chi connectivity index (χ0v) is 13.3. The second kappa shape index (κ2) is 7.67. The van der Waals surface area contributed by atoms with Gasteiger partial charge >= 0.3 is 0 Å². The molecule has 1 fully saturated rings. The molecule has 0 radical (unpaired) electrons. The molecule has 0 spiro atoms. The number of ether oxygens (including phenoxy) is 2. The Hall–Kier alpha value is -2.07. The number of hydrogen-bond donors (Lipinski definition) is 4. The van der Waals surface area contributed by atoms with Gasteiger partial charge in [0.1, 0.15) is 17.9 Å². The highest BCUT2D eigenvalue weighted by Crippen LogP contribution is 2.21. The first-order valence-electron chi connectivity index (χ1n) is 7.77. The van der Waals surface area contributed by atoms with Crippen LogP contribution in [-0.4, -0.2) is 68.4 Å². The third-order valence-corrected chi connectivity index (χ3v) is 3.81. The molecular formula is C15H21N5O4. The van der Waals surface area contributed by atoms with Gasteiger partial charge in [-0.3, -0.25) is 0 Å². The quantitative estimate of drug-likeness (QED) is 0.529. The van der Waals surface area contributed by atoms with E-state index in [4.69, 9.17) is 14.6 Å². The lowest BCUT2D eigenvalue weighted by Crippen LogP contribution is -2.24. The molecule has 0 aliphatic carbocycles. The number of nitrogens with zero attached hydrogens (tertiary/aromatic N) is 3. The van der Waals surface area contributed by atoms with E-state index >= 15 is 0 Å². The lowest BCUT2D eigenvalue weighted by molar-refractivity contribution is -0.138. The van der Waals surface area contributed by atoms with Gasteiger partial charge in [-0.1, -0.05) is 6.08 Å². The molecule has 2 aromatic rings. The topological polar surface area (TPSA) is 125 Å². The Labute approximate surface area is 138 Å². The standard InChI is InChI=1S/C15H21N5O4/c1-9(6-23-12-4-10(22)11(5-21)24-12)2-3-16-14-13-15(18-7-17-13)20-8-19-14/h2,7-8,10-12,21-22H,3-6H2,1H3,(H2,16,17,18,19,20). The number of aliphatic hydroxyl groups excluding tert-OH is 2. The number of H-pyrrole nitrogens is 1. The highest BCUT2D eigenvalue weighted by molar-refractivity contribution is 5.81. The number of anilines is 1. The summed E-state index contributed by atoms with van der Waals surface area (Å²) in [5.74, 6) is 0.690. The number of hydrogen-bond acceptors (Lipinski definition) is 8. The predicted octanol–water partition coefficient (Wildman–Crippen LogP) is 0.196. The Bertz CT molecular complexity index is 704. The van der Waals surface area contributed by atoms with Gasteiger partial charge in [0.05, 0.1) is 25.6 Å². The normalized spacial score (nSPS) is 24.6. The summed E-state index contributed by atoms with van der Waals surface area (Å²) in [4.78, 5) is 15.3. The molecule has 0 bridgehead atoms. The van der Waals surface area contributed by atoms with Crippen LogP contribution in [0.3, 0.4) is 0 Å².